The Bertz CT molecular complexity index is 259. The first-order valence-electron chi connectivity index (χ1n) is 4.11. The van der Waals surface area contributed by atoms with Crippen LogP contribution in [0.15, 0.2) is 0 Å². The van der Waals surface area contributed by atoms with Crippen LogP contribution in [0.25, 0.3) is 0 Å². The molecule has 0 aromatic carbocycles. The van der Waals surface area contributed by atoms with E-state index in [1.54, 1.807) is 0 Å². The molecule has 0 saturated heterocycles. The van der Waals surface area contributed by atoms with Gasteiger partial charge >= 0.3 is 0 Å². The maximum atomic E-state index is 4.21. The number of hydrogen-bond donors (Lipinski definition) is 1. The molecule has 12 heavy (non-hydrogen) atoms. The lowest BCUT2D eigenvalue weighted by molar-refractivity contribution is 0.679. The van der Waals surface area contributed by atoms with E-state index in [4.69, 9.17) is 0 Å². The van der Waals surface area contributed by atoms with Gasteiger partial charge in [-0.25, -0.2) is 4.98 Å². The molecule has 0 fully saturated rings. The maximum Gasteiger partial charge on any atom is 0.148 e. The lowest BCUT2D eigenvalue weighted by Gasteiger charge is -2.03. The van der Waals surface area contributed by atoms with E-state index in [1.807, 2.05) is 13.8 Å². The van der Waals surface area contributed by atoms with Crippen molar-refractivity contribution in [3.63, 3.8) is 0 Å². The number of rotatable bonds is 3. The van der Waals surface area contributed by atoms with Crippen LogP contribution >= 0.6 is 0 Å². The first-order chi connectivity index (χ1) is 5.74. The summed E-state index contributed by atoms with van der Waals surface area (Å²) >= 11 is 0. The Labute approximate surface area is 72.4 Å². The minimum Gasteiger partial charge on any atom is -0.311 e. The SMILES string of the molecule is CCNCc1nnc(C)nc1C. The Kier molecular flexibility index (Phi) is 3.10. The fourth-order valence-corrected chi connectivity index (χ4v) is 0.941. The van der Waals surface area contributed by atoms with Gasteiger partial charge in [-0.1, -0.05) is 6.92 Å². The topological polar surface area (TPSA) is 50.7 Å². The highest BCUT2D eigenvalue weighted by Gasteiger charge is 2.00. The number of nitrogens with zero attached hydrogens (tertiary/aromatic N) is 3. The molecule has 4 heteroatoms. The number of aromatic nitrogens is 3. The van der Waals surface area contributed by atoms with Gasteiger partial charge in [-0.05, 0) is 20.4 Å². The van der Waals surface area contributed by atoms with E-state index in [2.05, 4.69) is 27.4 Å². The predicted octanol–water partition coefficient (Wildman–Crippen LogP) is 0.598. The lowest BCUT2D eigenvalue weighted by atomic mass is 10.3. The molecule has 0 aliphatic heterocycles. The van der Waals surface area contributed by atoms with Crippen LogP contribution in [0.4, 0.5) is 0 Å². The molecule has 1 heterocycles. The van der Waals surface area contributed by atoms with Gasteiger partial charge in [0.1, 0.15) is 5.82 Å². The van der Waals surface area contributed by atoms with Gasteiger partial charge in [-0.3, -0.25) is 0 Å². The molecule has 1 aromatic heterocycles. The Balaban J connectivity index is 2.72. The second-order valence-corrected chi connectivity index (χ2v) is 2.67. The highest BCUT2D eigenvalue weighted by Crippen LogP contribution is 1.98. The summed E-state index contributed by atoms with van der Waals surface area (Å²) in [5, 5.41) is 11.1. The van der Waals surface area contributed by atoms with E-state index < -0.39 is 0 Å². The average molecular weight is 166 g/mol. The molecule has 1 rings (SSSR count). The Morgan fingerprint density at radius 3 is 2.58 bits per heavy atom. The van der Waals surface area contributed by atoms with E-state index in [0.717, 1.165) is 30.3 Å². The molecule has 0 bridgehead atoms. The van der Waals surface area contributed by atoms with Crippen molar-refractivity contribution < 1.29 is 0 Å². The third-order valence-electron chi connectivity index (χ3n) is 1.61. The predicted molar refractivity (Wildman–Crippen MR) is 46.7 cm³/mol. The lowest BCUT2D eigenvalue weighted by Crippen LogP contribution is -2.15. The summed E-state index contributed by atoms with van der Waals surface area (Å²) in [7, 11) is 0. The number of aryl methyl sites for hydroxylation is 2. The van der Waals surface area contributed by atoms with Gasteiger partial charge in [-0.15, -0.1) is 5.10 Å². The van der Waals surface area contributed by atoms with Gasteiger partial charge in [-0.2, -0.15) is 5.10 Å². The van der Waals surface area contributed by atoms with E-state index in [9.17, 15) is 0 Å². The molecule has 0 aliphatic carbocycles. The van der Waals surface area contributed by atoms with Crippen molar-refractivity contribution in [1.29, 1.82) is 0 Å². The summed E-state index contributed by atoms with van der Waals surface area (Å²) in [6.07, 6.45) is 0. The Morgan fingerprint density at radius 2 is 2.00 bits per heavy atom. The molecular weight excluding hydrogens is 152 g/mol. The number of nitrogens with one attached hydrogen (secondary N) is 1. The largest absolute Gasteiger partial charge is 0.311 e. The van der Waals surface area contributed by atoms with Crippen molar-refractivity contribution in [2.45, 2.75) is 27.3 Å². The molecule has 4 nitrogen and oxygen atoms in total. The first kappa shape index (κ1) is 9.06. The summed E-state index contributed by atoms with van der Waals surface area (Å²) < 4.78 is 0. The average Bonchev–Trinajstić information content (AvgIpc) is 2.03. The Morgan fingerprint density at radius 1 is 1.25 bits per heavy atom. The van der Waals surface area contributed by atoms with Crippen LogP contribution in [-0.2, 0) is 6.54 Å². The highest BCUT2D eigenvalue weighted by atomic mass is 15.2. The molecular formula is C8H14N4. The summed E-state index contributed by atoms with van der Waals surface area (Å²) in [6.45, 7) is 7.55. The van der Waals surface area contributed by atoms with Crippen molar-refractivity contribution in [2.75, 3.05) is 6.54 Å². The van der Waals surface area contributed by atoms with Gasteiger partial charge in [0.2, 0.25) is 0 Å². The summed E-state index contributed by atoms with van der Waals surface area (Å²) in [5.41, 5.74) is 1.89. The molecule has 1 N–H and O–H groups in total. The Hall–Kier alpha value is -1.03. The van der Waals surface area contributed by atoms with Crippen molar-refractivity contribution in [3.05, 3.63) is 17.2 Å². The summed E-state index contributed by atoms with van der Waals surface area (Å²) in [6, 6.07) is 0. The van der Waals surface area contributed by atoms with E-state index in [1.165, 1.54) is 0 Å². The van der Waals surface area contributed by atoms with Crippen LogP contribution in [0.5, 0.6) is 0 Å². The third-order valence-corrected chi connectivity index (χ3v) is 1.61. The molecule has 0 spiro atoms. The molecule has 0 atom stereocenters. The molecule has 0 unspecified atom stereocenters. The monoisotopic (exact) mass is 166 g/mol. The van der Waals surface area contributed by atoms with Gasteiger partial charge in [0, 0.05) is 6.54 Å². The molecule has 0 aliphatic rings. The quantitative estimate of drug-likeness (QED) is 0.714. The van der Waals surface area contributed by atoms with Crippen LogP contribution in [0.1, 0.15) is 24.1 Å². The fourth-order valence-electron chi connectivity index (χ4n) is 0.941. The van der Waals surface area contributed by atoms with E-state index in [0.29, 0.717) is 0 Å². The van der Waals surface area contributed by atoms with Crippen molar-refractivity contribution in [1.82, 2.24) is 20.5 Å². The first-order valence-corrected chi connectivity index (χ1v) is 4.11. The highest BCUT2D eigenvalue weighted by molar-refractivity contribution is 5.07. The van der Waals surface area contributed by atoms with Crippen LogP contribution in [0.2, 0.25) is 0 Å². The van der Waals surface area contributed by atoms with Crippen molar-refractivity contribution in [3.8, 4) is 0 Å². The smallest absolute Gasteiger partial charge is 0.148 e. The second kappa shape index (κ2) is 4.11. The standard InChI is InChI=1S/C8H14N4/c1-4-9-5-8-6(2)10-7(3)11-12-8/h9H,4-5H2,1-3H3. The summed E-state index contributed by atoms with van der Waals surface area (Å²) in [4.78, 5) is 4.21. The third kappa shape index (κ3) is 2.23. The van der Waals surface area contributed by atoms with Crippen LogP contribution in [0, 0.1) is 13.8 Å². The molecule has 0 saturated carbocycles. The minimum absolute atomic E-state index is 0.729. The van der Waals surface area contributed by atoms with Crippen LogP contribution < -0.4 is 5.32 Å². The van der Waals surface area contributed by atoms with Crippen LogP contribution in [0.3, 0.4) is 0 Å². The number of hydrogen-bond acceptors (Lipinski definition) is 4. The zero-order valence-corrected chi connectivity index (χ0v) is 7.76. The van der Waals surface area contributed by atoms with Gasteiger partial charge < -0.3 is 5.32 Å². The zero-order valence-electron chi connectivity index (χ0n) is 7.76. The van der Waals surface area contributed by atoms with Gasteiger partial charge in [0.25, 0.3) is 0 Å². The fraction of sp³-hybridized carbons (Fsp3) is 0.625. The van der Waals surface area contributed by atoms with E-state index >= 15 is 0 Å². The molecule has 0 amide bonds. The van der Waals surface area contributed by atoms with Gasteiger partial charge in [0.05, 0.1) is 11.4 Å². The molecule has 0 radical (unpaired) electrons. The maximum absolute atomic E-state index is 4.21. The normalized spacial score (nSPS) is 10.2. The minimum atomic E-state index is 0.729. The molecule has 1 aromatic rings. The van der Waals surface area contributed by atoms with Gasteiger partial charge in [0.15, 0.2) is 0 Å². The van der Waals surface area contributed by atoms with Crippen molar-refractivity contribution in [2.24, 2.45) is 0 Å². The second-order valence-electron chi connectivity index (χ2n) is 2.67. The van der Waals surface area contributed by atoms with Crippen molar-refractivity contribution >= 4 is 0 Å². The molecule has 66 valence electrons. The van der Waals surface area contributed by atoms with E-state index in [-0.39, 0.29) is 0 Å². The zero-order chi connectivity index (χ0) is 8.97. The summed E-state index contributed by atoms with van der Waals surface area (Å²) in [5.74, 6) is 0.729. The van der Waals surface area contributed by atoms with Crippen LogP contribution in [-0.4, -0.2) is 21.7 Å².